The number of Topliss-reactive ketones (excluding diaryl/α,β-unsaturated/α-hetero) is 1. The van der Waals surface area contributed by atoms with Crippen molar-refractivity contribution in [3.8, 4) is 5.75 Å². The zero-order valence-corrected chi connectivity index (χ0v) is 17.3. The van der Waals surface area contributed by atoms with Crippen molar-refractivity contribution in [3.05, 3.63) is 70.3 Å². The highest BCUT2D eigenvalue weighted by atomic mass is 16.5. The van der Waals surface area contributed by atoms with Crippen molar-refractivity contribution < 1.29 is 14.3 Å². The first-order valence-corrected chi connectivity index (χ1v) is 10.2. The van der Waals surface area contributed by atoms with E-state index in [0.29, 0.717) is 38.1 Å². The minimum absolute atomic E-state index is 0.00894. The summed E-state index contributed by atoms with van der Waals surface area (Å²) in [6, 6.07) is 12.1. The Morgan fingerprint density at radius 1 is 1.03 bits per heavy atom. The molecule has 0 unspecified atom stereocenters. The van der Waals surface area contributed by atoms with Gasteiger partial charge in [-0.1, -0.05) is 35.9 Å². The number of benzene rings is 2. The molecule has 2 aromatic rings. The number of ether oxygens (including phenoxy) is 1. The second-order valence-electron chi connectivity index (χ2n) is 8.41. The van der Waals surface area contributed by atoms with Crippen molar-refractivity contribution in [2.45, 2.75) is 45.6 Å². The van der Waals surface area contributed by atoms with Crippen LogP contribution in [-0.4, -0.2) is 35.3 Å². The summed E-state index contributed by atoms with van der Waals surface area (Å²) in [7, 11) is 0. The third-order valence-corrected chi connectivity index (χ3v) is 6.01. The fraction of sp³-hybridized carbons (Fsp3) is 0.360. The van der Waals surface area contributed by atoms with Crippen LogP contribution in [0.4, 0.5) is 0 Å². The molecule has 2 aromatic carbocycles. The van der Waals surface area contributed by atoms with Gasteiger partial charge in [0.05, 0.1) is 12.0 Å². The molecule has 0 saturated carbocycles. The molecule has 4 heteroatoms. The lowest BCUT2D eigenvalue weighted by atomic mass is 9.81. The molecule has 0 atom stereocenters. The van der Waals surface area contributed by atoms with Crippen molar-refractivity contribution in [2.24, 2.45) is 0 Å². The number of likely N-dealkylation sites (tertiary alicyclic amines) is 1. The zero-order chi connectivity index (χ0) is 20.6. The summed E-state index contributed by atoms with van der Waals surface area (Å²) in [6.07, 6.45) is 5.24. The highest BCUT2D eigenvalue weighted by Crippen LogP contribution is 2.41. The van der Waals surface area contributed by atoms with Gasteiger partial charge in [-0.3, -0.25) is 9.59 Å². The van der Waals surface area contributed by atoms with E-state index in [0.717, 1.165) is 22.3 Å². The van der Waals surface area contributed by atoms with Gasteiger partial charge in [-0.15, -0.1) is 0 Å². The van der Waals surface area contributed by atoms with Crippen molar-refractivity contribution in [1.82, 2.24) is 4.90 Å². The van der Waals surface area contributed by atoms with E-state index in [1.54, 1.807) is 6.08 Å². The van der Waals surface area contributed by atoms with E-state index in [-0.39, 0.29) is 11.7 Å². The van der Waals surface area contributed by atoms with E-state index in [9.17, 15) is 9.59 Å². The molecule has 1 fully saturated rings. The van der Waals surface area contributed by atoms with Crippen LogP contribution >= 0.6 is 0 Å². The second-order valence-corrected chi connectivity index (χ2v) is 8.41. The number of aryl methyl sites for hydroxylation is 3. The molecule has 4 nitrogen and oxygen atoms in total. The fourth-order valence-corrected chi connectivity index (χ4v) is 4.38. The standard InChI is InChI=1S/C25H27NO3/c1-17-4-6-20(7-5-17)8-9-23(28)26-12-10-25(11-13-26)16-21(27)24-19(3)14-18(2)15-22(24)29-25/h4-9,14-15H,10-13,16H2,1-3H3/b9-8+. The van der Waals surface area contributed by atoms with Crippen LogP contribution in [0, 0.1) is 20.8 Å². The van der Waals surface area contributed by atoms with Crippen LogP contribution in [-0.2, 0) is 4.79 Å². The highest BCUT2D eigenvalue weighted by Gasteiger charge is 2.43. The monoisotopic (exact) mass is 389 g/mol. The third-order valence-electron chi connectivity index (χ3n) is 6.01. The van der Waals surface area contributed by atoms with Gasteiger partial charge in [0.25, 0.3) is 0 Å². The van der Waals surface area contributed by atoms with Gasteiger partial charge < -0.3 is 9.64 Å². The summed E-state index contributed by atoms with van der Waals surface area (Å²) in [4.78, 5) is 27.3. The summed E-state index contributed by atoms with van der Waals surface area (Å²) >= 11 is 0. The van der Waals surface area contributed by atoms with Crippen LogP contribution in [0.15, 0.2) is 42.5 Å². The van der Waals surface area contributed by atoms with Gasteiger partial charge in [-0.2, -0.15) is 0 Å². The SMILES string of the molecule is Cc1ccc(/C=C/C(=O)N2CCC3(CC2)CC(=O)c2c(C)cc(C)cc2O3)cc1. The maximum Gasteiger partial charge on any atom is 0.246 e. The molecule has 2 heterocycles. The molecule has 0 aromatic heterocycles. The molecule has 1 amide bonds. The molecular formula is C25H27NO3. The minimum atomic E-state index is -0.484. The molecule has 29 heavy (non-hydrogen) atoms. The summed E-state index contributed by atoms with van der Waals surface area (Å²) < 4.78 is 6.38. The van der Waals surface area contributed by atoms with Crippen LogP contribution in [0.25, 0.3) is 6.08 Å². The Kier molecular flexibility index (Phi) is 5.03. The molecule has 0 aliphatic carbocycles. The van der Waals surface area contributed by atoms with Crippen molar-refractivity contribution in [3.63, 3.8) is 0 Å². The maximum absolute atomic E-state index is 12.8. The van der Waals surface area contributed by atoms with E-state index in [1.165, 1.54) is 5.56 Å². The Morgan fingerprint density at radius 2 is 1.72 bits per heavy atom. The van der Waals surface area contributed by atoms with Gasteiger partial charge in [-0.25, -0.2) is 0 Å². The normalized spacial score (nSPS) is 18.0. The zero-order valence-electron chi connectivity index (χ0n) is 17.3. The smallest absolute Gasteiger partial charge is 0.246 e. The number of rotatable bonds is 2. The van der Waals surface area contributed by atoms with Gasteiger partial charge in [0, 0.05) is 32.0 Å². The molecule has 0 radical (unpaired) electrons. The fourth-order valence-electron chi connectivity index (χ4n) is 4.38. The average molecular weight is 389 g/mol. The third kappa shape index (κ3) is 3.98. The van der Waals surface area contributed by atoms with Crippen LogP contribution in [0.1, 0.15) is 51.9 Å². The summed E-state index contributed by atoms with van der Waals surface area (Å²) in [5, 5.41) is 0. The minimum Gasteiger partial charge on any atom is -0.486 e. The molecule has 0 N–H and O–H groups in total. The van der Waals surface area contributed by atoms with Crippen molar-refractivity contribution >= 4 is 17.8 Å². The second kappa shape index (κ2) is 7.51. The number of nitrogens with zero attached hydrogens (tertiary/aromatic N) is 1. The first-order chi connectivity index (χ1) is 13.8. The van der Waals surface area contributed by atoms with E-state index in [4.69, 9.17) is 4.74 Å². The van der Waals surface area contributed by atoms with Crippen LogP contribution in [0.3, 0.4) is 0 Å². The highest BCUT2D eigenvalue weighted by molar-refractivity contribution is 6.02. The quantitative estimate of drug-likeness (QED) is 0.703. The molecular weight excluding hydrogens is 362 g/mol. The van der Waals surface area contributed by atoms with E-state index < -0.39 is 5.60 Å². The Morgan fingerprint density at radius 3 is 2.41 bits per heavy atom. The Labute approximate surface area is 172 Å². The first-order valence-electron chi connectivity index (χ1n) is 10.2. The number of hydrogen-bond donors (Lipinski definition) is 0. The summed E-state index contributed by atoms with van der Waals surface area (Å²) in [5.74, 6) is 0.871. The van der Waals surface area contributed by atoms with Gasteiger partial charge in [0.2, 0.25) is 5.91 Å². The van der Waals surface area contributed by atoms with Crippen LogP contribution in [0.2, 0.25) is 0 Å². The van der Waals surface area contributed by atoms with E-state index in [1.807, 2.05) is 68.1 Å². The number of ketones is 1. The number of hydrogen-bond acceptors (Lipinski definition) is 3. The van der Waals surface area contributed by atoms with Gasteiger partial charge >= 0.3 is 0 Å². The molecule has 1 saturated heterocycles. The molecule has 2 aliphatic rings. The molecule has 4 rings (SSSR count). The van der Waals surface area contributed by atoms with Gasteiger partial charge in [0.15, 0.2) is 5.78 Å². The van der Waals surface area contributed by atoms with Crippen molar-refractivity contribution in [2.75, 3.05) is 13.1 Å². The average Bonchev–Trinajstić information content (AvgIpc) is 2.67. The predicted molar refractivity (Wildman–Crippen MR) is 114 cm³/mol. The van der Waals surface area contributed by atoms with Crippen LogP contribution < -0.4 is 4.74 Å². The van der Waals surface area contributed by atoms with E-state index >= 15 is 0 Å². The predicted octanol–water partition coefficient (Wildman–Crippen LogP) is 4.65. The number of carbonyl (C=O) groups is 2. The summed E-state index contributed by atoms with van der Waals surface area (Å²) in [5.41, 5.74) is 4.53. The largest absolute Gasteiger partial charge is 0.486 e. The van der Waals surface area contributed by atoms with Gasteiger partial charge in [0.1, 0.15) is 11.4 Å². The topological polar surface area (TPSA) is 46.6 Å². The lowest BCUT2D eigenvalue weighted by Crippen LogP contribution is -2.52. The Balaban J connectivity index is 1.43. The first kappa shape index (κ1) is 19.4. The molecule has 0 bridgehead atoms. The Bertz CT molecular complexity index is 980. The molecule has 2 aliphatic heterocycles. The number of piperidine rings is 1. The number of fused-ring (bicyclic) bond motifs is 1. The summed E-state index contributed by atoms with van der Waals surface area (Å²) in [6.45, 7) is 7.23. The molecule has 1 spiro atoms. The lowest BCUT2D eigenvalue weighted by Gasteiger charge is -2.44. The van der Waals surface area contributed by atoms with Crippen molar-refractivity contribution in [1.29, 1.82) is 0 Å². The van der Waals surface area contributed by atoms with Gasteiger partial charge in [-0.05, 0) is 49.6 Å². The Hall–Kier alpha value is -2.88. The maximum atomic E-state index is 12.8. The number of amides is 1. The lowest BCUT2D eigenvalue weighted by molar-refractivity contribution is -0.129. The number of carbonyl (C=O) groups excluding carboxylic acids is 2. The van der Waals surface area contributed by atoms with Crippen LogP contribution in [0.5, 0.6) is 5.75 Å². The van der Waals surface area contributed by atoms with E-state index in [2.05, 4.69) is 0 Å². The molecule has 150 valence electrons.